The third-order valence-electron chi connectivity index (χ3n) is 7.09. The highest BCUT2D eigenvalue weighted by molar-refractivity contribution is 7.88. The molecule has 6 rings (SSSR count). The molecule has 0 bridgehead atoms. The predicted molar refractivity (Wildman–Crippen MR) is 145 cm³/mol. The maximum atomic E-state index is 11.9. The van der Waals surface area contributed by atoms with Gasteiger partial charge >= 0.3 is 0 Å². The maximum Gasteiger partial charge on any atom is 0.225 e. The van der Waals surface area contributed by atoms with Crippen LogP contribution in [0, 0.1) is 5.41 Å². The lowest BCUT2D eigenvalue weighted by molar-refractivity contribution is 0.214. The summed E-state index contributed by atoms with van der Waals surface area (Å²) in [4.78, 5) is 15.1. The van der Waals surface area contributed by atoms with Crippen molar-refractivity contribution in [1.82, 2.24) is 29.5 Å². The molecular weight excluding hydrogens is 551 g/mol. The average molecular weight is 575 g/mol. The van der Waals surface area contributed by atoms with Crippen LogP contribution >= 0.6 is 23.2 Å². The molecule has 2 aliphatic rings. The zero-order valence-corrected chi connectivity index (χ0v) is 22.6. The number of benzene rings is 1. The summed E-state index contributed by atoms with van der Waals surface area (Å²) in [6.07, 6.45) is 7.61. The number of halogens is 2. The summed E-state index contributed by atoms with van der Waals surface area (Å²) >= 11 is 12.4. The van der Waals surface area contributed by atoms with Crippen molar-refractivity contribution in [1.29, 1.82) is 0 Å². The topological polar surface area (TPSA) is 143 Å². The molecule has 1 atom stereocenters. The fourth-order valence-electron chi connectivity index (χ4n) is 5.13. The molecule has 2 fully saturated rings. The molecule has 38 heavy (non-hydrogen) atoms. The zero-order chi connectivity index (χ0) is 26.7. The molecule has 0 saturated carbocycles. The van der Waals surface area contributed by atoms with Gasteiger partial charge in [-0.15, -0.1) is 0 Å². The standard InChI is InChI=1S/C24H24Cl2N8O3S/c1-38(35,36)34-5-4-24(13-34)11-33(12-24)23-29-7-14(8-30-23)21-16-6-15(2-3-19(16)31-32-21)37-22(27)20-17(25)9-28-10-18(20)26/h2-3,6-10,22H,4-5,11-13,27H2,1H3,(H,31,32)/t22-/m0/s1. The molecular formula is C24H24Cl2N8O3S. The number of fused-ring (bicyclic) bond motifs is 1. The first-order valence-corrected chi connectivity index (χ1v) is 14.4. The summed E-state index contributed by atoms with van der Waals surface area (Å²) in [5.74, 6) is 1.12. The van der Waals surface area contributed by atoms with E-state index in [2.05, 4.69) is 30.0 Å². The molecule has 5 heterocycles. The Morgan fingerprint density at radius 1 is 1.11 bits per heavy atom. The zero-order valence-electron chi connectivity index (χ0n) is 20.3. The van der Waals surface area contributed by atoms with Crippen molar-refractivity contribution in [2.24, 2.45) is 11.1 Å². The molecule has 3 N–H and O–H groups in total. The van der Waals surface area contributed by atoms with E-state index >= 15 is 0 Å². The van der Waals surface area contributed by atoms with Crippen LogP contribution in [0.1, 0.15) is 18.2 Å². The number of ether oxygens (including phenoxy) is 1. The van der Waals surface area contributed by atoms with Crippen LogP contribution in [0.15, 0.2) is 43.0 Å². The van der Waals surface area contributed by atoms with E-state index in [-0.39, 0.29) is 5.41 Å². The van der Waals surface area contributed by atoms with Crippen molar-refractivity contribution >= 4 is 50.1 Å². The molecule has 0 aliphatic carbocycles. The number of anilines is 1. The van der Waals surface area contributed by atoms with Gasteiger partial charge in [-0.1, -0.05) is 23.2 Å². The van der Waals surface area contributed by atoms with Crippen molar-refractivity contribution in [2.75, 3.05) is 37.3 Å². The van der Waals surface area contributed by atoms with Crippen molar-refractivity contribution in [3.63, 3.8) is 0 Å². The minimum atomic E-state index is -3.17. The number of hydrogen-bond acceptors (Lipinski definition) is 9. The fourth-order valence-corrected chi connectivity index (χ4v) is 6.64. The Labute approximate surface area is 229 Å². The van der Waals surface area contributed by atoms with Crippen LogP contribution in [-0.2, 0) is 10.0 Å². The Morgan fingerprint density at radius 2 is 1.82 bits per heavy atom. The number of pyridine rings is 1. The van der Waals surface area contributed by atoms with Crippen molar-refractivity contribution in [2.45, 2.75) is 12.6 Å². The summed E-state index contributed by atoms with van der Waals surface area (Å²) in [6, 6.07) is 5.46. The minimum absolute atomic E-state index is 0.0223. The van der Waals surface area contributed by atoms with Crippen molar-refractivity contribution in [3.05, 3.63) is 58.6 Å². The normalized spacial score (nSPS) is 18.2. The molecule has 198 valence electrons. The van der Waals surface area contributed by atoms with Gasteiger partial charge in [-0.2, -0.15) is 5.10 Å². The predicted octanol–water partition coefficient (Wildman–Crippen LogP) is 3.23. The first kappa shape index (κ1) is 25.3. The summed E-state index contributed by atoms with van der Waals surface area (Å²) in [5.41, 5.74) is 8.88. The van der Waals surface area contributed by atoms with E-state index in [9.17, 15) is 8.42 Å². The van der Waals surface area contributed by atoms with Crippen molar-refractivity contribution < 1.29 is 13.2 Å². The first-order valence-electron chi connectivity index (χ1n) is 11.8. The van der Waals surface area contributed by atoms with Gasteiger partial charge in [0.2, 0.25) is 16.0 Å². The van der Waals surface area contributed by atoms with Gasteiger partial charge in [0.05, 0.1) is 21.8 Å². The summed E-state index contributed by atoms with van der Waals surface area (Å²) in [6.45, 7) is 2.58. The van der Waals surface area contributed by atoms with Crippen LogP contribution in [0.5, 0.6) is 5.75 Å². The van der Waals surface area contributed by atoms with Crippen molar-refractivity contribution in [3.8, 4) is 17.0 Å². The largest absolute Gasteiger partial charge is 0.471 e. The van der Waals surface area contributed by atoms with Crippen LogP contribution in [0.3, 0.4) is 0 Å². The van der Waals surface area contributed by atoms with E-state index < -0.39 is 16.3 Å². The first-order chi connectivity index (χ1) is 18.1. The third-order valence-corrected chi connectivity index (χ3v) is 8.94. The average Bonchev–Trinajstić information content (AvgIpc) is 3.48. The van der Waals surface area contributed by atoms with E-state index in [0.717, 1.165) is 36.0 Å². The molecule has 0 amide bonds. The molecule has 11 nitrogen and oxygen atoms in total. The molecule has 14 heteroatoms. The van der Waals surface area contributed by atoms with Crippen LogP contribution in [-0.4, -0.2) is 70.3 Å². The maximum absolute atomic E-state index is 11.9. The molecule has 4 aromatic rings. The van der Waals surface area contributed by atoms with Gasteiger partial charge in [0, 0.05) is 72.9 Å². The second kappa shape index (κ2) is 9.31. The van der Waals surface area contributed by atoms with Gasteiger partial charge in [0.25, 0.3) is 0 Å². The second-order valence-electron chi connectivity index (χ2n) is 9.81. The molecule has 0 unspecified atom stereocenters. The van der Waals surface area contributed by atoms with Crippen LogP contribution in [0.2, 0.25) is 10.0 Å². The quantitative estimate of drug-likeness (QED) is 0.331. The van der Waals surface area contributed by atoms with Crippen LogP contribution < -0.4 is 15.4 Å². The third kappa shape index (κ3) is 4.56. The van der Waals surface area contributed by atoms with Gasteiger partial charge in [-0.3, -0.25) is 15.8 Å². The molecule has 2 aliphatic heterocycles. The van der Waals surface area contributed by atoms with E-state index in [1.54, 1.807) is 22.8 Å². The SMILES string of the molecule is CS(=O)(=O)N1CCC2(CN(c3ncc(-c4n[nH]c5ccc(O[C@H](N)c6c(Cl)cncc6Cl)cc45)cn3)C2)C1. The molecule has 3 aromatic heterocycles. The Hall–Kier alpha value is -3.03. The van der Waals surface area contributed by atoms with E-state index in [1.165, 1.54) is 18.6 Å². The monoisotopic (exact) mass is 574 g/mol. The van der Waals surface area contributed by atoms with Crippen LogP contribution in [0.25, 0.3) is 22.2 Å². The highest BCUT2D eigenvalue weighted by Gasteiger charge is 2.50. The van der Waals surface area contributed by atoms with E-state index in [0.29, 0.717) is 46.1 Å². The molecule has 1 aromatic carbocycles. The van der Waals surface area contributed by atoms with Gasteiger partial charge in [-0.25, -0.2) is 22.7 Å². The number of nitrogens with one attached hydrogen (secondary N) is 1. The summed E-state index contributed by atoms with van der Waals surface area (Å²) in [5, 5.41) is 8.92. The van der Waals surface area contributed by atoms with Gasteiger partial charge in [0.15, 0.2) is 6.23 Å². The Balaban J connectivity index is 1.18. The number of sulfonamides is 1. The molecule has 2 saturated heterocycles. The Kier molecular flexibility index (Phi) is 6.19. The number of aromatic amines is 1. The van der Waals surface area contributed by atoms with Gasteiger partial charge < -0.3 is 9.64 Å². The van der Waals surface area contributed by atoms with Gasteiger partial charge in [0.1, 0.15) is 11.4 Å². The van der Waals surface area contributed by atoms with Crippen LogP contribution in [0.4, 0.5) is 5.95 Å². The molecule has 0 radical (unpaired) electrons. The summed E-state index contributed by atoms with van der Waals surface area (Å²) in [7, 11) is -3.17. The van der Waals surface area contributed by atoms with E-state index in [1.807, 2.05) is 12.1 Å². The van der Waals surface area contributed by atoms with E-state index in [4.69, 9.17) is 33.7 Å². The number of hydrogen-bond donors (Lipinski definition) is 2. The number of H-pyrrole nitrogens is 1. The number of nitrogens with two attached hydrogens (primary N) is 1. The number of aromatic nitrogens is 5. The lowest BCUT2D eigenvalue weighted by Gasteiger charge is -2.47. The number of nitrogens with zero attached hydrogens (tertiary/aromatic N) is 6. The molecule has 1 spiro atoms. The highest BCUT2D eigenvalue weighted by Crippen LogP contribution is 2.41. The number of rotatable bonds is 6. The smallest absolute Gasteiger partial charge is 0.225 e. The lowest BCUT2D eigenvalue weighted by Crippen LogP contribution is -2.58. The summed E-state index contributed by atoms with van der Waals surface area (Å²) < 4.78 is 31.2. The second-order valence-corrected chi connectivity index (χ2v) is 12.6. The van der Waals surface area contributed by atoms with Gasteiger partial charge in [-0.05, 0) is 24.6 Å². The Morgan fingerprint density at radius 3 is 2.47 bits per heavy atom. The Bertz CT molecular complexity index is 1600. The fraction of sp³-hybridized carbons (Fsp3) is 0.333. The highest BCUT2D eigenvalue weighted by atomic mass is 35.5. The minimum Gasteiger partial charge on any atom is -0.471 e. The lowest BCUT2D eigenvalue weighted by atomic mass is 9.79.